The molecule has 4 aromatic carbocycles. The lowest BCUT2D eigenvalue weighted by Crippen LogP contribution is -2.65. The van der Waals surface area contributed by atoms with E-state index in [4.69, 9.17) is 76.9 Å². The van der Waals surface area contributed by atoms with E-state index in [1.54, 1.807) is 31.3 Å². The zero-order chi connectivity index (χ0) is 85.6. The Bertz CT molecular complexity index is 4920. The average Bonchev–Trinajstić information content (AvgIpc) is 1.63. The van der Waals surface area contributed by atoms with Crippen molar-refractivity contribution in [2.75, 3.05) is 18.8 Å². The molecule has 3 saturated carbocycles. The minimum atomic E-state index is -4.05. The SMILES string of the molecule is C[C@H](CC(=O)[C@H](CCCCN)NC(=O)[C@H](C)CC(=O)[C@@H](NC(=O)[C@H](CCCCN)CS(=O)(=O)c1ccc(-c2ccccc2)cn1)[C@@H](C)O)B1O[C@@H]2C[C@@H]3C[C@@H](C3(C)C)[C@]2(C)O1.Clc1ccc(-c2ccccc2)cn1.NC(N)=S.O=S(=O)(Cl)c1ccc(-c2ccccc2)cn1.OB(O)c1ccc(Cl)nc1.S=c1ccc(-c2ccccc2)c[nH]1. The molecule has 0 radical (unpaired) electrons. The van der Waals surface area contributed by atoms with Crippen LogP contribution in [0, 0.1) is 33.7 Å². The maximum absolute atomic E-state index is 13.8. The number of sulfone groups is 1. The van der Waals surface area contributed by atoms with E-state index < -0.39 is 92.1 Å². The van der Waals surface area contributed by atoms with Crippen LogP contribution in [0.3, 0.4) is 0 Å². The van der Waals surface area contributed by atoms with Gasteiger partial charge >= 0.3 is 14.2 Å². The summed E-state index contributed by atoms with van der Waals surface area (Å²) in [5.74, 6) is -3.86. The Morgan fingerprint density at radius 3 is 1.50 bits per heavy atom. The first-order valence-electron chi connectivity index (χ1n) is 38.3. The standard InChI is InChI=1S/C45H68BN5O9S.C11H8ClNO2S.C11H8ClN.C11H9NS.C5H5BClNO2.CH4N2S/c1-28(42(55)50-35(17-11-13-21-48)36(53)23-29(2)46-59-39-25-34-24-38(44(34,4)5)45(39,6)60-46)22-37(54)41(30(3)52)51-43(56)33(16-10-12-20-47)27-61(57,58)40-19-18-32(26-49-40)31-14-8-7-9-15-31;12-16(14,15)11-7-6-10(8-13-11)9-4-2-1-3-5-9;12-11-7-6-10(8-13-11)9-4-2-1-3-5-9;13-11-7-6-10(8-12-11)9-4-2-1-3-5-9;7-5-2-1-4(3-8-5)6(9)10;2-1(3)4/h7-9,14-15,18-19,26,28-30,33-35,38-39,41,52H,10-13,16-17,20-25,27,47-48H2,1-6H3,(H,50,55)(H,51,56);1-8H;1-8H;1-8H,(H,12,13);1-3,9-10H;(H4,2,3,4)/t28-,29-,30-,33-,34+,35+,38+,39-,41+,45+;;;;;/m1...../s1. The number of pyridine rings is 5. The van der Waals surface area contributed by atoms with Crippen molar-refractivity contribution in [1.82, 2.24) is 35.6 Å². The highest BCUT2D eigenvalue weighted by Gasteiger charge is 2.68. The van der Waals surface area contributed by atoms with Gasteiger partial charge in [0.2, 0.25) is 11.8 Å². The molecule has 2 amide bonds. The number of nitrogens with zero attached hydrogens (tertiary/aromatic N) is 4. The number of amides is 2. The predicted molar refractivity (Wildman–Crippen MR) is 469 cm³/mol. The second kappa shape index (κ2) is 46.1. The minimum Gasteiger partial charge on any atom is -0.423 e. The molecule has 24 nitrogen and oxygen atoms in total. The Balaban J connectivity index is 0.000000264. The maximum Gasteiger partial charge on any atom is 0.490 e. The van der Waals surface area contributed by atoms with Crippen molar-refractivity contribution in [3.63, 3.8) is 0 Å². The van der Waals surface area contributed by atoms with E-state index in [1.807, 2.05) is 141 Å². The van der Waals surface area contributed by atoms with Gasteiger partial charge in [-0.3, -0.25) is 19.2 Å². The number of thiocarbonyl (C=S) groups is 1. The number of nitrogens with one attached hydrogen (secondary N) is 3. The van der Waals surface area contributed by atoms with Crippen LogP contribution in [0.2, 0.25) is 16.1 Å². The number of aromatic nitrogens is 5. The third kappa shape index (κ3) is 29.4. The van der Waals surface area contributed by atoms with E-state index in [2.05, 4.69) is 92.1 Å². The summed E-state index contributed by atoms with van der Waals surface area (Å²) in [6.45, 7) is 12.3. The zero-order valence-corrected chi connectivity index (χ0v) is 71.6. The summed E-state index contributed by atoms with van der Waals surface area (Å²) < 4.78 is 62.9. The van der Waals surface area contributed by atoms with Crippen LogP contribution in [-0.2, 0) is 47.4 Å². The van der Waals surface area contributed by atoms with Crippen LogP contribution < -0.4 is 39.0 Å². The van der Waals surface area contributed by atoms with E-state index in [0.717, 1.165) is 56.4 Å². The summed E-state index contributed by atoms with van der Waals surface area (Å²) in [5.41, 5.74) is 28.8. The number of ketones is 2. The molecule has 0 spiro atoms. The Morgan fingerprint density at radius 2 is 1.08 bits per heavy atom. The van der Waals surface area contributed by atoms with Crippen molar-refractivity contribution in [2.24, 2.45) is 52.0 Å². The van der Waals surface area contributed by atoms with Crippen LogP contribution >= 0.6 is 58.3 Å². The molecule has 4 aliphatic rings. The van der Waals surface area contributed by atoms with Crippen molar-refractivity contribution in [1.29, 1.82) is 0 Å². The fourth-order valence-electron chi connectivity index (χ4n) is 13.9. The quantitative estimate of drug-likeness (QED) is 0.00684. The molecule has 33 heteroatoms. The third-order valence-electron chi connectivity index (χ3n) is 20.5. The Hall–Kier alpha value is -8.56. The number of nitrogens with two attached hydrogens (primary N) is 4. The normalized spacial score (nSPS) is 17.6. The zero-order valence-electron chi connectivity index (χ0n) is 66.0. The number of hydrogen-bond donors (Lipinski definition) is 10. The number of Topliss-reactive ketones (excluding diaryl/α,β-unsaturated/α-hetero) is 2. The highest BCUT2D eigenvalue weighted by atomic mass is 35.7. The summed E-state index contributed by atoms with van der Waals surface area (Å²) in [6, 6.07) is 53.8. The van der Waals surface area contributed by atoms with Gasteiger partial charge in [-0.15, -0.1) is 0 Å². The van der Waals surface area contributed by atoms with Crippen LogP contribution in [0.4, 0.5) is 0 Å². The molecule has 10 atom stereocenters. The van der Waals surface area contributed by atoms with Gasteiger partial charge in [-0.2, -0.15) is 0 Å². The summed E-state index contributed by atoms with van der Waals surface area (Å²) in [6.07, 6.45) is 11.3. The fraction of sp³-hybridized carbons (Fsp3) is 0.357. The summed E-state index contributed by atoms with van der Waals surface area (Å²) in [5, 5.41) is 33.9. The van der Waals surface area contributed by atoms with E-state index in [0.29, 0.717) is 72.8 Å². The number of benzene rings is 4. The third-order valence-corrected chi connectivity index (χ3v) is 24.2. The van der Waals surface area contributed by atoms with Crippen LogP contribution in [0.15, 0.2) is 223 Å². The number of halogens is 3. The first-order chi connectivity index (χ1) is 55.5. The van der Waals surface area contributed by atoms with Gasteiger partial charge in [0.15, 0.2) is 36.6 Å². The Kier molecular flexibility index (Phi) is 37.7. The molecule has 14 N–H and O–H groups in total. The smallest absolute Gasteiger partial charge is 0.423 e. The summed E-state index contributed by atoms with van der Waals surface area (Å²) in [4.78, 5) is 73.6. The predicted octanol–water partition coefficient (Wildman–Crippen LogP) is 12.5. The molecule has 1 saturated heterocycles. The van der Waals surface area contributed by atoms with Gasteiger partial charge in [0.25, 0.3) is 9.05 Å². The van der Waals surface area contributed by atoms with Crippen molar-refractivity contribution < 1.29 is 60.5 Å². The molecule has 5 aromatic heterocycles. The van der Waals surface area contributed by atoms with Crippen molar-refractivity contribution >= 4 is 125 Å². The number of carbonyl (C=O) groups is 4. The molecule has 2 bridgehead atoms. The monoisotopic (exact) mass is 1730 g/mol. The Labute approximate surface area is 711 Å². The lowest BCUT2D eigenvalue weighted by atomic mass is 9.43. The molecule has 117 heavy (non-hydrogen) atoms. The molecule has 1 aliphatic heterocycles. The fourth-order valence-corrected chi connectivity index (χ4v) is 16.4. The van der Waals surface area contributed by atoms with E-state index in [-0.39, 0.29) is 57.5 Å². The van der Waals surface area contributed by atoms with Gasteiger partial charge < -0.3 is 63.0 Å². The second-order valence-corrected chi connectivity index (χ2v) is 35.7. The van der Waals surface area contributed by atoms with Crippen molar-refractivity contribution in [3.8, 4) is 44.5 Å². The van der Waals surface area contributed by atoms with E-state index in [9.17, 15) is 41.1 Å². The first kappa shape index (κ1) is 95.6. The number of carbonyl (C=O) groups excluding carboxylic acids is 4. The highest BCUT2D eigenvalue weighted by Crippen LogP contribution is 2.66. The number of aliphatic hydroxyl groups is 1. The number of unbranched alkanes of at least 4 members (excludes halogenated alkanes) is 2. The maximum atomic E-state index is 13.8. The molecule has 0 unspecified atom stereocenters. The van der Waals surface area contributed by atoms with E-state index >= 15 is 0 Å². The highest BCUT2D eigenvalue weighted by molar-refractivity contribution is 8.13. The number of rotatable bonds is 29. The van der Waals surface area contributed by atoms with Gasteiger partial charge in [0.1, 0.15) is 21.0 Å². The average molecular weight is 1730 g/mol. The number of aliphatic hydroxyl groups excluding tert-OH is 1. The lowest BCUT2D eigenvalue weighted by Gasteiger charge is -2.64. The van der Waals surface area contributed by atoms with Crippen molar-refractivity contribution in [2.45, 2.75) is 152 Å². The summed E-state index contributed by atoms with van der Waals surface area (Å²) >= 11 is 20.2. The topological polar surface area (TPSA) is 411 Å². The second-order valence-electron chi connectivity index (χ2n) is 29.6. The first-order valence-corrected chi connectivity index (χ1v) is 43.8. The largest absolute Gasteiger partial charge is 0.490 e. The van der Waals surface area contributed by atoms with Gasteiger partial charge in [-0.1, -0.05) is 197 Å². The van der Waals surface area contributed by atoms with Gasteiger partial charge in [-0.25, -0.2) is 36.8 Å². The van der Waals surface area contributed by atoms with Crippen LogP contribution in [0.25, 0.3) is 44.5 Å². The molecule has 13 rings (SSSR count). The van der Waals surface area contributed by atoms with Gasteiger partial charge in [-0.05, 0) is 190 Å². The lowest BCUT2D eigenvalue weighted by molar-refractivity contribution is -0.199. The van der Waals surface area contributed by atoms with Crippen LogP contribution in [0.1, 0.15) is 106 Å². The molecule has 4 fully saturated rings. The van der Waals surface area contributed by atoms with Crippen molar-refractivity contribution in [3.05, 3.63) is 228 Å². The molecule has 6 heterocycles. The molecular weight excluding hydrogens is 1630 g/mol. The summed E-state index contributed by atoms with van der Waals surface area (Å²) in [7, 11) is -4.63. The number of hydrogen-bond acceptors (Lipinski definition) is 21. The van der Waals surface area contributed by atoms with Gasteiger partial charge in [0, 0.05) is 82.6 Å². The molecular formula is C84H102B2Cl3N11O13S4. The van der Waals surface area contributed by atoms with Crippen LogP contribution in [0.5, 0.6) is 0 Å². The number of H-pyrrole nitrogens is 1. The van der Waals surface area contributed by atoms with E-state index in [1.165, 1.54) is 55.3 Å². The minimum absolute atomic E-state index is 0.000000000000000222. The molecule has 3 aliphatic carbocycles. The molecule has 9 aromatic rings. The van der Waals surface area contributed by atoms with Gasteiger partial charge in [0.05, 0.1) is 35.5 Å². The van der Waals surface area contributed by atoms with Crippen LogP contribution in [-0.4, -0.2) is 148 Å². The molecule has 622 valence electrons. The Morgan fingerprint density at radius 1 is 0.607 bits per heavy atom. The number of aromatic amines is 1.